The van der Waals surface area contributed by atoms with Gasteiger partial charge in [-0.2, -0.15) is 0 Å². The van der Waals surface area contributed by atoms with Crippen LogP contribution in [0.2, 0.25) is 0 Å². The number of aliphatic carboxylic acids is 1. The standard InChI is InChI=1S/C21H40O4.Na/c1-4-6-8-9-10-11-12-13-14-15-17-21(3,16-7-5-2)25-20(24)18-19(22)23;/h4-18H2,1-3H3,(H,22,23);/q;+1/p-1. The Balaban J connectivity index is 0. The minimum Gasteiger partial charge on any atom is -0.550 e. The van der Waals surface area contributed by atoms with Crippen LogP contribution in [0.5, 0.6) is 0 Å². The quantitative estimate of drug-likeness (QED) is 0.168. The van der Waals surface area contributed by atoms with Crippen molar-refractivity contribution in [2.45, 2.75) is 123 Å². The van der Waals surface area contributed by atoms with Crippen LogP contribution in [-0.4, -0.2) is 17.5 Å². The van der Waals surface area contributed by atoms with Gasteiger partial charge in [0.1, 0.15) is 5.60 Å². The van der Waals surface area contributed by atoms with Gasteiger partial charge in [-0.25, -0.2) is 0 Å². The number of hydrogen-bond donors (Lipinski definition) is 0. The Morgan fingerprint density at radius 1 is 0.769 bits per heavy atom. The summed E-state index contributed by atoms with van der Waals surface area (Å²) in [5.41, 5.74) is -0.539. The van der Waals surface area contributed by atoms with Gasteiger partial charge in [0.05, 0.1) is 12.4 Å². The summed E-state index contributed by atoms with van der Waals surface area (Å²) in [6, 6.07) is 0. The van der Waals surface area contributed by atoms with E-state index in [-0.39, 0.29) is 29.6 Å². The number of carbonyl (C=O) groups excluding carboxylic acids is 2. The third kappa shape index (κ3) is 17.4. The molecule has 0 N–H and O–H groups in total. The van der Waals surface area contributed by atoms with E-state index >= 15 is 0 Å². The van der Waals surface area contributed by atoms with Crippen molar-refractivity contribution in [1.29, 1.82) is 0 Å². The molecule has 0 heterocycles. The predicted octanol–water partition coefficient (Wildman–Crippen LogP) is 1.93. The predicted molar refractivity (Wildman–Crippen MR) is 100 cm³/mol. The number of carbonyl (C=O) groups is 2. The average molecular weight is 379 g/mol. The molecule has 0 bridgehead atoms. The number of hydrogen-bond acceptors (Lipinski definition) is 4. The molecule has 0 aromatic carbocycles. The van der Waals surface area contributed by atoms with Crippen LogP contribution < -0.4 is 34.7 Å². The summed E-state index contributed by atoms with van der Waals surface area (Å²) in [5, 5.41) is 10.5. The summed E-state index contributed by atoms with van der Waals surface area (Å²) in [6.07, 6.45) is 15.7. The number of unbranched alkanes of at least 4 members (excludes halogenated alkanes) is 10. The maximum absolute atomic E-state index is 11.7. The molecule has 0 saturated carbocycles. The third-order valence-corrected chi connectivity index (χ3v) is 4.77. The first-order valence-corrected chi connectivity index (χ1v) is 10.3. The van der Waals surface area contributed by atoms with Gasteiger partial charge in [-0.3, -0.25) is 4.79 Å². The van der Waals surface area contributed by atoms with E-state index in [1.807, 2.05) is 6.92 Å². The molecule has 0 fully saturated rings. The van der Waals surface area contributed by atoms with E-state index < -0.39 is 24.0 Å². The summed E-state index contributed by atoms with van der Waals surface area (Å²) < 4.78 is 5.47. The number of rotatable bonds is 17. The van der Waals surface area contributed by atoms with Gasteiger partial charge in [0, 0.05) is 0 Å². The van der Waals surface area contributed by atoms with E-state index in [0.717, 1.165) is 38.5 Å². The largest absolute Gasteiger partial charge is 1.00 e. The average Bonchev–Trinajstić information content (AvgIpc) is 2.54. The van der Waals surface area contributed by atoms with Gasteiger partial charge in [-0.1, -0.05) is 78.1 Å². The Labute approximate surface area is 183 Å². The molecule has 0 aromatic heterocycles. The summed E-state index contributed by atoms with van der Waals surface area (Å²) in [6.45, 7) is 6.28. The SMILES string of the molecule is CCCCCCCCCCCCC(C)(CCCC)OC(=O)CC(=O)[O-].[Na+]. The number of carboxylic acids is 1. The van der Waals surface area contributed by atoms with Crippen LogP contribution >= 0.6 is 0 Å². The summed E-state index contributed by atoms with van der Waals surface area (Å²) in [5.74, 6) is -2.05. The molecule has 0 rings (SSSR count). The van der Waals surface area contributed by atoms with E-state index in [2.05, 4.69) is 13.8 Å². The van der Waals surface area contributed by atoms with Crippen LogP contribution in [0.4, 0.5) is 0 Å². The Kier molecular flexibility index (Phi) is 19.8. The van der Waals surface area contributed by atoms with Crippen LogP contribution in [0.1, 0.15) is 117 Å². The Morgan fingerprint density at radius 3 is 1.65 bits per heavy atom. The molecule has 4 nitrogen and oxygen atoms in total. The van der Waals surface area contributed by atoms with Gasteiger partial charge in [0.2, 0.25) is 0 Å². The minimum absolute atomic E-state index is 0. The second kappa shape index (κ2) is 18.3. The van der Waals surface area contributed by atoms with Gasteiger partial charge < -0.3 is 14.6 Å². The molecule has 0 saturated heterocycles. The van der Waals surface area contributed by atoms with Crippen LogP contribution in [0, 0.1) is 0 Å². The molecule has 0 radical (unpaired) electrons. The maximum Gasteiger partial charge on any atom is 1.00 e. The second-order valence-electron chi connectivity index (χ2n) is 7.51. The molecule has 5 heteroatoms. The molecule has 148 valence electrons. The van der Waals surface area contributed by atoms with E-state index in [1.54, 1.807) is 0 Å². The first kappa shape index (κ1) is 28.2. The molecule has 0 spiro atoms. The molecule has 0 aromatic rings. The van der Waals surface area contributed by atoms with Gasteiger partial charge in [-0.05, 0) is 32.6 Å². The molecule has 0 aliphatic rings. The molecular formula is C21H39NaO4. The summed E-state index contributed by atoms with van der Waals surface area (Å²) in [4.78, 5) is 22.2. The summed E-state index contributed by atoms with van der Waals surface area (Å²) >= 11 is 0. The van der Waals surface area contributed by atoms with Crippen LogP contribution in [0.15, 0.2) is 0 Å². The van der Waals surface area contributed by atoms with Gasteiger partial charge >= 0.3 is 35.5 Å². The van der Waals surface area contributed by atoms with Gasteiger partial charge in [0.25, 0.3) is 0 Å². The first-order valence-electron chi connectivity index (χ1n) is 10.3. The fourth-order valence-electron chi connectivity index (χ4n) is 3.19. The van der Waals surface area contributed by atoms with Crippen molar-refractivity contribution in [3.8, 4) is 0 Å². The number of carboxylic acid groups (broad SMARTS) is 1. The monoisotopic (exact) mass is 378 g/mol. The van der Waals surface area contributed by atoms with E-state index in [0.29, 0.717) is 0 Å². The van der Waals surface area contributed by atoms with E-state index in [4.69, 9.17) is 4.74 Å². The molecule has 0 aliphatic heterocycles. The normalized spacial score (nSPS) is 12.9. The maximum atomic E-state index is 11.7. The van der Waals surface area contributed by atoms with Crippen molar-refractivity contribution < 1.29 is 49.0 Å². The number of esters is 1. The van der Waals surface area contributed by atoms with Crippen LogP contribution in [0.25, 0.3) is 0 Å². The third-order valence-electron chi connectivity index (χ3n) is 4.77. The smallest absolute Gasteiger partial charge is 0.550 e. The number of ether oxygens (including phenoxy) is 1. The fraction of sp³-hybridized carbons (Fsp3) is 0.905. The van der Waals surface area contributed by atoms with Crippen molar-refractivity contribution in [3.63, 3.8) is 0 Å². The molecule has 1 atom stereocenters. The zero-order valence-corrected chi connectivity index (χ0v) is 19.7. The van der Waals surface area contributed by atoms with Gasteiger partial charge in [-0.15, -0.1) is 0 Å². The van der Waals surface area contributed by atoms with Crippen LogP contribution in [0.3, 0.4) is 0 Å². The van der Waals surface area contributed by atoms with Crippen molar-refractivity contribution in [1.82, 2.24) is 0 Å². The Bertz CT molecular complexity index is 360. The van der Waals surface area contributed by atoms with E-state index in [9.17, 15) is 14.7 Å². The minimum atomic E-state index is -1.37. The Morgan fingerprint density at radius 2 is 1.19 bits per heavy atom. The van der Waals surface area contributed by atoms with Crippen molar-refractivity contribution in [2.75, 3.05) is 0 Å². The van der Waals surface area contributed by atoms with Gasteiger partial charge in [0.15, 0.2) is 0 Å². The second-order valence-corrected chi connectivity index (χ2v) is 7.51. The summed E-state index contributed by atoms with van der Waals surface area (Å²) in [7, 11) is 0. The van der Waals surface area contributed by atoms with Crippen molar-refractivity contribution in [2.24, 2.45) is 0 Å². The first-order chi connectivity index (χ1) is 11.9. The Hall–Kier alpha value is -0.0600. The molecule has 26 heavy (non-hydrogen) atoms. The fourth-order valence-corrected chi connectivity index (χ4v) is 3.19. The molecule has 0 amide bonds. The zero-order chi connectivity index (χ0) is 19.0. The van der Waals surface area contributed by atoms with Crippen molar-refractivity contribution >= 4 is 11.9 Å². The molecule has 0 aliphatic carbocycles. The molecule has 1 unspecified atom stereocenters. The zero-order valence-electron chi connectivity index (χ0n) is 17.7. The van der Waals surface area contributed by atoms with Crippen LogP contribution in [-0.2, 0) is 14.3 Å². The topological polar surface area (TPSA) is 66.4 Å². The molecular weight excluding hydrogens is 339 g/mol. The van der Waals surface area contributed by atoms with Crippen molar-refractivity contribution in [3.05, 3.63) is 0 Å². The van der Waals surface area contributed by atoms with E-state index in [1.165, 1.54) is 51.4 Å².